The van der Waals surface area contributed by atoms with E-state index in [1.165, 1.54) is 13.2 Å². The van der Waals surface area contributed by atoms with Crippen molar-refractivity contribution < 1.29 is 28.4 Å². The number of imide groups is 1. The molecule has 1 fully saturated rings. The predicted octanol–water partition coefficient (Wildman–Crippen LogP) is 4.78. The molecule has 0 saturated carbocycles. The molecule has 30 heavy (non-hydrogen) atoms. The molecule has 3 aromatic rings. The third kappa shape index (κ3) is 4.88. The molecule has 0 bridgehead atoms. The van der Waals surface area contributed by atoms with Crippen LogP contribution in [0.2, 0.25) is 0 Å². The summed E-state index contributed by atoms with van der Waals surface area (Å²) in [4.78, 5) is 34.9. The van der Waals surface area contributed by atoms with Gasteiger partial charge in [0.05, 0.1) is 23.4 Å². The minimum Gasteiger partial charge on any atom is -0.467 e. The lowest BCUT2D eigenvalue weighted by molar-refractivity contribution is -0.123. The van der Waals surface area contributed by atoms with Gasteiger partial charge in [-0.15, -0.1) is 0 Å². The fraction of sp³-hybridized carbons (Fsp3) is 0.0952. The smallest absolute Gasteiger partial charge is 0.293 e. The van der Waals surface area contributed by atoms with Gasteiger partial charge in [0.1, 0.15) is 23.6 Å². The summed E-state index contributed by atoms with van der Waals surface area (Å²) < 4.78 is 11.0. The molecular weight excluding hydrogens is 408 g/mol. The number of carbonyl (C=O) groups excluding carboxylic acids is 3. The van der Waals surface area contributed by atoms with E-state index < -0.39 is 0 Å². The van der Waals surface area contributed by atoms with Crippen LogP contribution in [0, 0.1) is 0 Å². The normalized spacial score (nSPS) is 14.6. The topological polar surface area (TPSA) is 113 Å². The minimum atomic E-state index is -0.377. The number of anilines is 1. The number of amides is 2. The Kier molecular flexibility index (Phi) is 6.89. The standard InChI is InChI=1S/C19H14N2O5S.C2H4O/c22-18-17(27-19(23)21(18)11-15-2-1-9-25-15)10-14-7-8-16(26-14)12-3-5-13(20-24)6-4-12;1-2-3/h1-10,20,24H,11H2;2H,1H3/b17-10+;. The van der Waals surface area contributed by atoms with Crippen LogP contribution in [-0.2, 0) is 16.1 Å². The summed E-state index contributed by atoms with van der Waals surface area (Å²) in [5.41, 5.74) is 3.45. The van der Waals surface area contributed by atoms with Crippen molar-refractivity contribution in [2.75, 3.05) is 5.48 Å². The van der Waals surface area contributed by atoms with Gasteiger partial charge in [0.2, 0.25) is 0 Å². The summed E-state index contributed by atoms with van der Waals surface area (Å²) in [7, 11) is 0. The predicted molar refractivity (Wildman–Crippen MR) is 112 cm³/mol. The first-order valence-corrected chi connectivity index (χ1v) is 9.65. The van der Waals surface area contributed by atoms with Crippen LogP contribution in [0.3, 0.4) is 0 Å². The lowest BCUT2D eigenvalue weighted by Crippen LogP contribution is -2.27. The number of nitrogens with zero attached hydrogens (tertiary/aromatic N) is 1. The number of rotatable bonds is 5. The maximum absolute atomic E-state index is 12.5. The van der Waals surface area contributed by atoms with Crippen LogP contribution in [0.15, 0.2) is 68.5 Å². The van der Waals surface area contributed by atoms with Crippen LogP contribution < -0.4 is 5.48 Å². The second-order valence-electron chi connectivity index (χ2n) is 5.97. The van der Waals surface area contributed by atoms with Gasteiger partial charge < -0.3 is 13.6 Å². The molecule has 9 heteroatoms. The Hall–Kier alpha value is -3.56. The van der Waals surface area contributed by atoms with Crippen LogP contribution >= 0.6 is 11.8 Å². The largest absolute Gasteiger partial charge is 0.467 e. The Morgan fingerprint density at radius 2 is 1.87 bits per heavy atom. The zero-order valence-electron chi connectivity index (χ0n) is 15.9. The number of carbonyl (C=O) groups is 3. The van der Waals surface area contributed by atoms with Gasteiger partial charge in [-0.25, -0.2) is 0 Å². The molecule has 4 rings (SSSR count). The molecule has 0 unspecified atom stereocenters. The summed E-state index contributed by atoms with van der Waals surface area (Å²) in [5, 5.41) is 8.51. The number of benzene rings is 1. The molecule has 1 aliphatic rings. The monoisotopic (exact) mass is 426 g/mol. The highest BCUT2D eigenvalue weighted by atomic mass is 32.2. The van der Waals surface area contributed by atoms with Crippen LogP contribution in [-0.4, -0.2) is 27.5 Å². The molecule has 2 amide bonds. The zero-order chi connectivity index (χ0) is 21.5. The Morgan fingerprint density at radius 3 is 2.50 bits per heavy atom. The van der Waals surface area contributed by atoms with Crippen molar-refractivity contribution >= 4 is 41.0 Å². The van der Waals surface area contributed by atoms with Crippen LogP contribution in [0.4, 0.5) is 10.5 Å². The Bertz CT molecular complexity index is 1050. The lowest BCUT2D eigenvalue weighted by Gasteiger charge is -2.09. The minimum absolute atomic E-state index is 0.101. The Morgan fingerprint density at radius 1 is 1.13 bits per heavy atom. The zero-order valence-corrected chi connectivity index (χ0v) is 16.7. The summed E-state index contributed by atoms with van der Waals surface area (Å²) in [6, 6.07) is 13.9. The van der Waals surface area contributed by atoms with E-state index in [1.807, 2.05) is 0 Å². The molecule has 3 heterocycles. The molecule has 0 radical (unpaired) electrons. The average Bonchev–Trinajstić information content (AvgIpc) is 3.48. The van der Waals surface area contributed by atoms with Crippen molar-refractivity contribution in [3.63, 3.8) is 0 Å². The number of aldehydes is 1. The molecule has 0 aliphatic carbocycles. The van der Waals surface area contributed by atoms with E-state index in [0.717, 1.165) is 28.5 Å². The van der Waals surface area contributed by atoms with Crippen LogP contribution in [0.5, 0.6) is 0 Å². The van der Waals surface area contributed by atoms with E-state index in [-0.39, 0.29) is 17.7 Å². The maximum Gasteiger partial charge on any atom is 0.293 e. The fourth-order valence-electron chi connectivity index (χ4n) is 2.62. The van der Waals surface area contributed by atoms with Gasteiger partial charge in [0, 0.05) is 11.6 Å². The Labute approximate surface area is 176 Å². The quantitative estimate of drug-likeness (QED) is 0.340. The highest BCUT2D eigenvalue weighted by Gasteiger charge is 2.35. The summed E-state index contributed by atoms with van der Waals surface area (Å²) in [6.45, 7) is 1.55. The second-order valence-corrected chi connectivity index (χ2v) is 6.97. The number of nitrogens with one attached hydrogen (secondary N) is 1. The number of furan rings is 2. The lowest BCUT2D eigenvalue weighted by atomic mass is 10.1. The number of thioether (sulfide) groups is 1. The van der Waals surface area contributed by atoms with E-state index in [9.17, 15) is 9.59 Å². The van der Waals surface area contributed by atoms with Crippen LogP contribution in [0.1, 0.15) is 18.4 Å². The molecule has 1 aliphatic heterocycles. The fourth-order valence-corrected chi connectivity index (χ4v) is 3.44. The first-order chi connectivity index (χ1) is 14.5. The first-order valence-electron chi connectivity index (χ1n) is 8.83. The average molecular weight is 426 g/mol. The van der Waals surface area contributed by atoms with Gasteiger partial charge >= 0.3 is 0 Å². The van der Waals surface area contributed by atoms with Crippen molar-refractivity contribution in [1.82, 2.24) is 4.90 Å². The molecule has 0 spiro atoms. The highest BCUT2D eigenvalue weighted by Crippen LogP contribution is 2.34. The molecule has 1 aromatic carbocycles. The molecule has 154 valence electrons. The van der Waals surface area contributed by atoms with Gasteiger partial charge in [0.15, 0.2) is 0 Å². The van der Waals surface area contributed by atoms with Crippen molar-refractivity contribution in [2.45, 2.75) is 13.5 Å². The van der Waals surface area contributed by atoms with Crippen molar-refractivity contribution in [3.8, 4) is 11.3 Å². The first kappa shape index (κ1) is 21.2. The Balaban J connectivity index is 0.000000806. The van der Waals surface area contributed by atoms with Crippen molar-refractivity contribution in [2.24, 2.45) is 0 Å². The van der Waals surface area contributed by atoms with Gasteiger partial charge in [-0.05, 0) is 67.2 Å². The summed E-state index contributed by atoms with van der Waals surface area (Å²) in [5.74, 6) is 1.25. The van der Waals surface area contributed by atoms with Crippen LogP contribution in [0.25, 0.3) is 17.4 Å². The van der Waals surface area contributed by atoms with E-state index in [4.69, 9.17) is 18.8 Å². The van der Waals surface area contributed by atoms with E-state index in [0.29, 0.717) is 27.9 Å². The molecule has 2 N–H and O–H groups in total. The van der Waals surface area contributed by atoms with E-state index in [1.54, 1.807) is 54.6 Å². The number of hydrogen-bond donors (Lipinski definition) is 2. The molecule has 0 atom stereocenters. The van der Waals surface area contributed by atoms with Gasteiger partial charge in [-0.3, -0.25) is 25.2 Å². The third-order valence-corrected chi connectivity index (χ3v) is 4.87. The number of hydrogen-bond acceptors (Lipinski definition) is 8. The highest BCUT2D eigenvalue weighted by molar-refractivity contribution is 8.18. The SMILES string of the molecule is CC=O.O=C1S/C(=C/c2ccc(-c3ccc(NO)cc3)o2)C(=O)N1Cc1ccco1. The van der Waals surface area contributed by atoms with E-state index in [2.05, 4.69) is 5.48 Å². The van der Waals surface area contributed by atoms with Gasteiger partial charge in [0.25, 0.3) is 11.1 Å². The second kappa shape index (κ2) is 9.77. The van der Waals surface area contributed by atoms with Gasteiger partial charge in [-0.2, -0.15) is 0 Å². The van der Waals surface area contributed by atoms with Gasteiger partial charge in [-0.1, -0.05) is 0 Å². The molecule has 1 saturated heterocycles. The summed E-state index contributed by atoms with van der Waals surface area (Å²) in [6.07, 6.45) is 3.80. The molecule has 2 aromatic heterocycles. The van der Waals surface area contributed by atoms with Crippen molar-refractivity contribution in [1.29, 1.82) is 0 Å². The molecular formula is C21H18N2O6S. The van der Waals surface area contributed by atoms with E-state index >= 15 is 0 Å². The maximum atomic E-state index is 12.5. The summed E-state index contributed by atoms with van der Waals surface area (Å²) >= 11 is 0.869. The third-order valence-electron chi connectivity index (χ3n) is 3.97. The molecule has 8 nitrogen and oxygen atoms in total. The van der Waals surface area contributed by atoms with Crippen molar-refractivity contribution in [3.05, 3.63) is 71.2 Å².